The van der Waals surface area contributed by atoms with Crippen molar-refractivity contribution in [1.82, 2.24) is 24.6 Å². The second-order valence-electron chi connectivity index (χ2n) is 6.94. The van der Waals surface area contributed by atoms with Crippen molar-refractivity contribution < 1.29 is 4.79 Å². The van der Waals surface area contributed by atoms with Gasteiger partial charge < -0.3 is 9.47 Å². The number of hydrogen-bond acceptors (Lipinski definition) is 4. The molecule has 4 rings (SSSR count). The number of nitrogens with zero attached hydrogens (tertiary/aromatic N) is 4. The second-order valence-corrected chi connectivity index (χ2v) is 6.94. The molecule has 0 saturated carbocycles. The number of amides is 1. The van der Waals surface area contributed by atoms with Gasteiger partial charge in [-0.05, 0) is 38.8 Å². The first-order chi connectivity index (χ1) is 12.5. The summed E-state index contributed by atoms with van der Waals surface area (Å²) in [5, 5.41) is 7.62. The first kappa shape index (κ1) is 16.5. The van der Waals surface area contributed by atoms with Crippen LogP contribution >= 0.6 is 0 Å². The Balaban J connectivity index is 1.78. The molecule has 134 valence electrons. The Hall–Kier alpha value is -2.96. The fourth-order valence-corrected chi connectivity index (χ4v) is 3.70. The summed E-state index contributed by atoms with van der Waals surface area (Å²) in [4.78, 5) is 32.3. The molecule has 7 heteroatoms. The van der Waals surface area contributed by atoms with Gasteiger partial charge in [0.05, 0.1) is 11.6 Å². The van der Waals surface area contributed by atoms with E-state index in [1.54, 1.807) is 11.1 Å². The van der Waals surface area contributed by atoms with Gasteiger partial charge in [-0.3, -0.25) is 14.7 Å². The Morgan fingerprint density at radius 3 is 2.85 bits per heavy atom. The quantitative estimate of drug-likeness (QED) is 0.767. The van der Waals surface area contributed by atoms with Crippen LogP contribution in [0.1, 0.15) is 46.5 Å². The van der Waals surface area contributed by atoms with E-state index in [0.717, 1.165) is 29.7 Å². The zero-order valence-electron chi connectivity index (χ0n) is 15.1. The number of aryl methyl sites for hydroxylation is 3. The number of likely N-dealkylation sites (tertiary alicyclic amines) is 1. The predicted molar refractivity (Wildman–Crippen MR) is 98.1 cm³/mol. The van der Waals surface area contributed by atoms with E-state index in [1.807, 2.05) is 43.7 Å². The Kier molecular flexibility index (Phi) is 3.86. The summed E-state index contributed by atoms with van der Waals surface area (Å²) in [6, 6.07) is 5.53. The molecule has 0 spiro atoms. The standard InChI is InChI=1S/C19H21N5O2/c1-11-6-7-15-13(9-11)17(25)14(10-23(15)3)19(26)24-8-4-5-16(24)18-20-12(2)21-22-18/h6-7,9-10,16H,4-5,8H2,1-3H3,(H,20,21,22)/t16-/m0/s1. The average molecular weight is 351 g/mol. The van der Waals surface area contributed by atoms with Crippen molar-refractivity contribution >= 4 is 16.8 Å². The van der Waals surface area contributed by atoms with Gasteiger partial charge in [-0.25, -0.2) is 4.98 Å². The van der Waals surface area contributed by atoms with Gasteiger partial charge >= 0.3 is 0 Å². The molecular weight excluding hydrogens is 330 g/mol. The molecule has 1 aliphatic heterocycles. The van der Waals surface area contributed by atoms with Crippen LogP contribution < -0.4 is 5.43 Å². The maximum Gasteiger partial charge on any atom is 0.259 e. The van der Waals surface area contributed by atoms with Gasteiger partial charge in [-0.15, -0.1) is 0 Å². The highest BCUT2D eigenvalue weighted by Gasteiger charge is 2.34. The zero-order chi connectivity index (χ0) is 18.4. The van der Waals surface area contributed by atoms with Crippen LogP contribution in [0, 0.1) is 13.8 Å². The molecule has 1 aliphatic rings. The molecule has 0 aliphatic carbocycles. The molecule has 1 atom stereocenters. The summed E-state index contributed by atoms with van der Waals surface area (Å²) in [5.74, 6) is 1.08. The molecule has 0 bridgehead atoms. The summed E-state index contributed by atoms with van der Waals surface area (Å²) in [6.07, 6.45) is 3.31. The van der Waals surface area contributed by atoms with Crippen molar-refractivity contribution in [2.45, 2.75) is 32.7 Å². The number of fused-ring (bicyclic) bond motifs is 1. The van der Waals surface area contributed by atoms with E-state index in [-0.39, 0.29) is 22.9 Å². The van der Waals surface area contributed by atoms with Crippen LogP contribution in [0.3, 0.4) is 0 Å². The lowest BCUT2D eigenvalue weighted by Gasteiger charge is -2.23. The van der Waals surface area contributed by atoms with E-state index in [4.69, 9.17) is 0 Å². The molecule has 7 nitrogen and oxygen atoms in total. The van der Waals surface area contributed by atoms with Gasteiger partial charge in [0, 0.05) is 25.2 Å². The number of carbonyl (C=O) groups excluding carboxylic acids is 1. The second kappa shape index (κ2) is 6.09. The fraction of sp³-hybridized carbons (Fsp3) is 0.368. The molecule has 26 heavy (non-hydrogen) atoms. The molecule has 3 heterocycles. The Morgan fingerprint density at radius 1 is 1.31 bits per heavy atom. The minimum atomic E-state index is -0.251. The highest BCUT2D eigenvalue weighted by molar-refractivity contribution is 5.97. The average Bonchev–Trinajstić information content (AvgIpc) is 3.26. The largest absolute Gasteiger partial charge is 0.350 e. The fourth-order valence-electron chi connectivity index (χ4n) is 3.70. The third kappa shape index (κ3) is 2.60. The first-order valence-electron chi connectivity index (χ1n) is 8.75. The molecule has 1 N–H and O–H groups in total. The molecule has 1 aromatic carbocycles. The number of nitrogens with one attached hydrogen (secondary N) is 1. The summed E-state index contributed by atoms with van der Waals surface area (Å²) >= 11 is 0. The molecular formula is C19H21N5O2. The van der Waals surface area contributed by atoms with Gasteiger partial charge in [0.2, 0.25) is 5.43 Å². The minimum absolute atomic E-state index is 0.189. The number of benzene rings is 1. The van der Waals surface area contributed by atoms with Crippen LogP contribution in [0.2, 0.25) is 0 Å². The Morgan fingerprint density at radius 2 is 2.12 bits per heavy atom. The van der Waals surface area contributed by atoms with Gasteiger partial charge in [-0.2, -0.15) is 5.10 Å². The molecule has 1 amide bonds. The Bertz CT molecular complexity index is 1070. The van der Waals surface area contributed by atoms with Gasteiger partial charge in [0.1, 0.15) is 11.4 Å². The van der Waals surface area contributed by atoms with Crippen molar-refractivity contribution in [3.05, 3.63) is 57.4 Å². The zero-order valence-corrected chi connectivity index (χ0v) is 15.1. The number of hydrogen-bond donors (Lipinski definition) is 1. The number of rotatable bonds is 2. The molecule has 2 aromatic heterocycles. The van der Waals surface area contributed by atoms with Crippen molar-refractivity contribution in [2.24, 2.45) is 7.05 Å². The van der Waals surface area contributed by atoms with Crippen LogP contribution in [0.15, 0.2) is 29.2 Å². The van der Waals surface area contributed by atoms with Crippen LogP contribution in [-0.4, -0.2) is 37.1 Å². The molecule has 0 unspecified atom stereocenters. The molecule has 1 saturated heterocycles. The van der Waals surface area contributed by atoms with Crippen molar-refractivity contribution in [3.8, 4) is 0 Å². The predicted octanol–water partition coefficient (Wildman–Crippen LogP) is 2.25. The third-order valence-corrected chi connectivity index (χ3v) is 5.00. The number of H-pyrrole nitrogens is 1. The minimum Gasteiger partial charge on any atom is -0.350 e. The highest BCUT2D eigenvalue weighted by Crippen LogP contribution is 2.31. The number of pyridine rings is 1. The van der Waals surface area contributed by atoms with Crippen molar-refractivity contribution in [3.63, 3.8) is 0 Å². The summed E-state index contributed by atoms with van der Waals surface area (Å²) in [5.41, 5.74) is 1.79. The van der Waals surface area contributed by atoms with Crippen LogP contribution in [0.25, 0.3) is 10.9 Å². The molecule has 1 fully saturated rings. The topological polar surface area (TPSA) is 83.9 Å². The Labute approximate surface area is 150 Å². The van der Waals surface area contributed by atoms with E-state index >= 15 is 0 Å². The smallest absolute Gasteiger partial charge is 0.259 e. The lowest BCUT2D eigenvalue weighted by Crippen LogP contribution is -2.35. The monoisotopic (exact) mass is 351 g/mol. The van der Waals surface area contributed by atoms with Crippen molar-refractivity contribution in [1.29, 1.82) is 0 Å². The molecule has 0 radical (unpaired) electrons. The highest BCUT2D eigenvalue weighted by atomic mass is 16.2. The van der Waals surface area contributed by atoms with E-state index in [9.17, 15) is 9.59 Å². The SMILES string of the molecule is Cc1ccc2c(c1)c(=O)c(C(=O)N1CCC[C@H]1c1n[nH]c(C)n1)cn2C. The van der Waals surface area contributed by atoms with E-state index in [0.29, 0.717) is 17.8 Å². The molecule has 3 aromatic rings. The van der Waals surface area contributed by atoms with Crippen LogP contribution in [0.5, 0.6) is 0 Å². The number of aromatic nitrogens is 4. The van der Waals surface area contributed by atoms with E-state index in [1.165, 1.54) is 0 Å². The summed E-state index contributed by atoms with van der Waals surface area (Å²) in [6.45, 7) is 4.38. The first-order valence-corrected chi connectivity index (χ1v) is 8.75. The van der Waals surface area contributed by atoms with Gasteiger partial charge in [0.15, 0.2) is 5.82 Å². The maximum atomic E-state index is 13.2. The lowest BCUT2D eigenvalue weighted by molar-refractivity contribution is 0.0728. The lowest BCUT2D eigenvalue weighted by atomic mass is 10.1. The maximum absolute atomic E-state index is 13.2. The summed E-state index contributed by atoms with van der Waals surface area (Å²) < 4.78 is 1.84. The summed E-state index contributed by atoms with van der Waals surface area (Å²) in [7, 11) is 1.86. The van der Waals surface area contributed by atoms with Crippen molar-refractivity contribution in [2.75, 3.05) is 6.54 Å². The van der Waals surface area contributed by atoms with Crippen LogP contribution in [-0.2, 0) is 7.05 Å². The van der Waals surface area contributed by atoms with Gasteiger partial charge in [-0.1, -0.05) is 11.6 Å². The van der Waals surface area contributed by atoms with E-state index < -0.39 is 0 Å². The normalized spacial score (nSPS) is 17.2. The number of aromatic amines is 1. The van der Waals surface area contributed by atoms with Crippen LogP contribution in [0.4, 0.5) is 0 Å². The van der Waals surface area contributed by atoms with Gasteiger partial charge in [0.25, 0.3) is 5.91 Å². The third-order valence-electron chi connectivity index (χ3n) is 5.00. The van der Waals surface area contributed by atoms with E-state index in [2.05, 4.69) is 15.2 Å². The number of carbonyl (C=O) groups is 1.